The summed E-state index contributed by atoms with van der Waals surface area (Å²) < 4.78 is 0. The first kappa shape index (κ1) is 11.0. The van der Waals surface area contributed by atoms with Gasteiger partial charge >= 0.3 is 0 Å². The SMILES string of the molecule is CN1C2=C(C(=O)CCC2)[C@@H]2c3cccnc3C=C[C@H]21. The van der Waals surface area contributed by atoms with E-state index in [1.165, 1.54) is 11.3 Å². The van der Waals surface area contributed by atoms with Crippen molar-refractivity contribution in [2.24, 2.45) is 0 Å². The number of allylic oxidation sites excluding steroid dienone is 1. The van der Waals surface area contributed by atoms with Gasteiger partial charge in [-0.1, -0.05) is 12.1 Å². The van der Waals surface area contributed by atoms with Gasteiger partial charge in [0.15, 0.2) is 5.78 Å². The van der Waals surface area contributed by atoms with Crippen LogP contribution in [0.3, 0.4) is 0 Å². The van der Waals surface area contributed by atoms with Gasteiger partial charge in [0.1, 0.15) is 0 Å². The Hall–Kier alpha value is -1.90. The van der Waals surface area contributed by atoms with E-state index in [-0.39, 0.29) is 5.92 Å². The number of hydrogen-bond acceptors (Lipinski definition) is 3. The van der Waals surface area contributed by atoms with Crippen LogP contribution in [-0.4, -0.2) is 28.8 Å². The molecule has 0 bridgehead atoms. The van der Waals surface area contributed by atoms with Gasteiger partial charge in [0, 0.05) is 36.9 Å². The minimum Gasteiger partial charge on any atom is -0.370 e. The van der Waals surface area contributed by atoms with E-state index in [1.807, 2.05) is 12.3 Å². The average Bonchev–Trinajstić information content (AvgIpc) is 2.74. The fourth-order valence-electron chi connectivity index (χ4n) is 3.74. The lowest BCUT2D eigenvalue weighted by Gasteiger charge is -2.29. The summed E-state index contributed by atoms with van der Waals surface area (Å²) in [6.07, 6.45) is 8.84. The summed E-state index contributed by atoms with van der Waals surface area (Å²) in [4.78, 5) is 19.1. The standard InChI is InChI=1S/C16H16N2O/c1-18-12-5-2-6-14(19)16(12)15-10-4-3-9-17-11(10)7-8-13(15)18/h3-4,7-9,13,15H,2,5-6H2,1H3/t13-,15-/m1/s1. The van der Waals surface area contributed by atoms with Gasteiger partial charge in [0.05, 0.1) is 11.7 Å². The molecule has 0 unspecified atom stereocenters. The minimum absolute atomic E-state index is 0.196. The topological polar surface area (TPSA) is 33.2 Å². The van der Waals surface area contributed by atoms with Crippen molar-refractivity contribution < 1.29 is 4.79 Å². The number of likely N-dealkylation sites (N-methyl/N-ethyl adjacent to an activating group) is 1. The first-order valence-corrected chi connectivity index (χ1v) is 6.89. The van der Waals surface area contributed by atoms with Crippen molar-refractivity contribution in [2.45, 2.75) is 31.2 Å². The smallest absolute Gasteiger partial charge is 0.161 e. The summed E-state index contributed by atoms with van der Waals surface area (Å²) in [6.45, 7) is 0. The molecule has 2 atom stereocenters. The maximum atomic E-state index is 12.4. The summed E-state index contributed by atoms with van der Waals surface area (Å²) in [5, 5.41) is 0. The maximum absolute atomic E-state index is 12.4. The molecule has 3 nitrogen and oxygen atoms in total. The minimum atomic E-state index is 0.196. The van der Waals surface area contributed by atoms with Crippen LogP contribution in [0.2, 0.25) is 0 Å². The van der Waals surface area contributed by atoms with Crippen molar-refractivity contribution in [1.29, 1.82) is 0 Å². The maximum Gasteiger partial charge on any atom is 0.161 e. The van der Waals surface area contributed by atoms with Gasteiger partial charge in [0.25, 0.3) is 0 Å². The van der Waals surface area contributed by atoms with E-state index in [0.29, 0.717) is 18.2 Å². The summed E-state index contributed by atoms with van der Waals surface area (Å²) in [5.74, 6) is 0.534. The number of Topliss-reactive ketones (excluding diaryl/α,β-unsaturated/α-hetero) is 1. The van der Waals surface area contributed by atoms with E-state index in [1.54, 1.807) is 0 Å². The van der Waals surface area contributed by atoms with Crippen molar-refractivity contribution in [3.05, 3.63) is 46.9 Å². The molecule has 4 rings (SSSR count). The number of fused-ring (bicyclic) bond motifs is 4. The van der Waals surface area contributed by atoms with Gasteiger partial charge in [0.2, 0.25) is 0 Å². The molecule has 3 heteroatoms. The fourth-order valence-corrected chi connectivity index (χ4v) is 3.74. The predicted molar refractivity (Wildman–Crippen MR) is 73.4 cm³/mol. The van der Waals surface area contributed by atoms with Crippen LogP contribution >= 0.6 is 0 Å². The van der Waals surface area contributed by atoms with Crippen LogP contribution in [0.5, 0.6) is 0 Å². The summed E-state index contributed by atoms with van der Waals surface area (Å²) in [7, 11) is 2.12. The lowest BCUT2D eigenvalue weighted by Crippen LogP contribution is -2.30. The van der Waals surface area contributed by atoms with Crippen LogP contribution in [0, 0.1) is 0 Å². The molecule has 0 aromatic carbocycles. The second-order valence-corrected chi connectivity index (χ2v) is 5.55. The highest BCUT2D eigenvalue weighted by Gasteiger charge is 2.44. The van der Waals surface area contributed by atoms with Crippen LogP contribution in [-0.2, 0) is 4.79 Å². The molecule has 1 aromatic heterocycles. The molecule has 2 aliphatic carbocycles. The molecule has 0 amide bonds. The molecule has 1 aromatic rings. The van der Waals surface area contributed by atoms with Gasteiger partial charge in [-0.3, -0.25) is 9.78 Å². The molecule has 1 aliphatic heterocycles. The molecule has 0 radical (unpaired) electrons. The highest BCUT2D eigenvalue weighted by molar-refractivity contribution is 5.99. The zero-order valence-electron chi connectivity index (χ0n) is 11.0. The molecular weight excluding hydrogens is 236 g/mol. The Labute approximate surface area is 112 Å². The number of carbonyl (C=O) groups excluding carboxylic acids is 1. The third kappa shape index (κ3) is 1.38. The number of nitrogens with zero attached hydrogens (tertiary/aromatic N) is 2. The second kappa shape index (κ2) is 3.80. The van der Waals surface area contributed by atoms with Gasteiger partial charge in [-0.25, -0.2) is 0 Å². The van der Waals surface area contributed by atoms with Crippen molar-refractivity contribution >= 4 is 11.9 Å². The average molecular weight is 252 g/mol. The zero-order chi connectivity index (χ0) is 13.0. The Kier molecular flexibility index (Phi) is 2.19. The normalized spacial score (nSPS) is 28.3. The second-order valence-electron chi connectivity index (χ2n) is 5.55. The first-order chi connectivity index (χ1) is 9.27. The van der Waals surface area contributed by atoms with E-state index in [4.69, 9.17) is 0 Å². The van der Waals surface area contributed by atoms with Crippen LogP contribution in [0.15, 0.2) is 35.7 Å². The van der Waals surface area contributed by atoms with E-state index in [0.717, 1.165) is 24.1 Å². The number of ketones is 1. The largest absolute Gasteiger partial charge is 0.370 e. The quantitative estimate of drug-likeness (QED) is 0.711. The Bertz CT molecular complexity index is 629. The third-order valence-corrected chi connectivity index (χ3v) is 4.61. The first-order valence-electron chi connectivity index (χ1n) is 6.89. The monoisotopic (exact) mass is 252 g/mol. The van der Waals surface area contributed by atoms with Crippen LogP contribution in [0.25, 0.3) is 6.08 Å². The van der Waals surface area contributed by atoms with Crippen molar-refractivity contribution in [3.63, 3.8) is 0 Å². The molecule has 3 aliphatic rings. The Morgan fingerprint density at radius 3 is 3.16 bits per heavy atom. The predicted octanol–water partition coefficient (Wildman–Crippen LogP) is 2.51. The highest BCUT2D eigenvalue weighted by Crippen LogP contribution is 2.47. The fraction of sp³-hybridized carbons (Fsp3) is 0.375. The number of aromatic nitrogens is 1. The third-order valence-electron chi connectivity index (χ3n) is 4.61. The van der Waals surface area contributed by atoms with Gasteiger partial charge < -0.3 is 4.90 Å². The number of pyridine rings is 1. The van der Waals surface area contributed by atoms with Gasteiger partial charge in [-0.15, -0.1) is 0 Å². The zero-order valence-corrected chi connectivity index (χ0v) is 11.0. The van der Waals surface area contributed by atoms with Crippen molar-refractivity contribution in [2.75, 3.05) is 7.05 Å². The van der Waals surface area contributed by atoms with Crippen LogP contribution in [0.1, 0.15) is 36.4 Å². The van der Waals surface area contributed by atoms with E-state index in [9.17, 15) is 4.79 Å². The number of carbonyl (C=O) groups is 1. The molecular formula is C16H16N2O. The highest BCUT2D eigenvalue weighted by atomic mass is 16.1. The molecule has 0 saturated heterocycles. The summed E-state index contributed by atoms with van der Waals surface area (Å²) >= 11 is 0. The number of rotatable bonds is 0. The van der Waals surface area contributed by atoms with E-state index in [2.05, 4.69) is 35.1 Å². The number of hydrogen-bond donors (Lipinski definition) is 0. The lowest BCUT2D eigenvalue weighted by atomic mass is 9.79. The van der Waals surface area contributed by atoms with Crippen LogP contribution < -0.4 is 0 Å². The van der Waals surface area contributed by atoms with Gasteiger partial charge in [-0.2, -0.15) is 0 Å². The Balaban J connectivity index is 1.92. The lowest BCUT2D eigenvalue weighted by molar-refractivity contribution is -0.116. The molecule has 0 spiro atoms. The van der Waals surface area contributed by atoms with Gasteiger partial charge in [-0.05, 0) is 30.5 Å². The van der Waals surface area contributed by atoms with E-state index < -0.39 is 0 Å². The Morgan fingerprint density at radius 1 is 1.37 bits per heavy atom. The van der Waals surface area contributed by atoms with Crippen molar-refractivity contribution in [3.8, 4) is 0 Å². The Morgan fingerprint density at radius 2 is 2.26 bits per heavy atom. The van der Waals surface area contributed by atoms with E-state index >= 15 is 0 Å². The summed E-state index contributed by atoms with van der Waals surface area (Å²) in [5.41, 5.74) is 4.54. The molecule has 0 N–H and O–H groups in total. The van der Waals surface area contributed by atoms with Crippen LogP contribution in [0.4, 0.5) is 0 Å². The molecule has 0 fully saturated rings. The van der Waals surface area contributed by atoms with Crippen molar-refractivity contribution in [1.82, 2.24) is 9.88 Å². The molecule has 19 heavy (non-hydrogen) atoms. The molecule has 2 heterocycles. The summed E-state index contributed by atoms with van der Waals surface area (Å²) in [6, 6.07) is 4.39. The molecule has 0 saturated carbocycles. The molecule has 96 valence electrons.